The molecule has 1 heterocycles. The van der Waals surface area contributed by atoms with Crippen molar-refractivity contribution in [3.63, 3.8) is 0 Å². The summed E-state index contributed by atoms with van der Waals surface area (Å²) in [6.45, 7) is 7.49. The smallest absolute Gasteiger partial charge is 0.161 e. The van der Waals surface area contributed by atoms with Crippen molar-refractivity contribution in [1.29, 1.82) is 0 Å². The molecule has 1 fully saturated rings. The van der Waals surface area contributed by atoms with Crippen LogP contribution in [0.1, 0.15) is 31.9 Å². The molecule has 0 aromatic heterocycles. The number of hydrogen-bond acceptors (Lipinski definition) is 4. The summed E-state index contributed by atoms with van der Waals surface area (Å²) < 4.78 is 10.7. The van der Waals surface area contributed by atoms with Gasteiger partial charge in [0.05, 0.1) is 14.2 Å². The number of nitrogens with two attached hydrogens (primary N) is 1. The summed E-state index contributed by atoms with van der Waals surface area (Å²) in [5.41, 5.74) is 7.28. The van der Waals surface area contributed by atoms with Gasteiger partial charge in [-0.2, -0.15) is 0 Å². The minimum Gasteiger partial charge on any atom is -0.493 e. The largest absolute Gasteiger partial charge is 0.493 e. The third-order valence-corrected chi connectivity index (χ3v) is 4.35. The lowest BCUT2D eigenvalue weighted by Crippen LogP contribution is -2.43. The lowest BCUT2D eigenvalue weighted by molar-refractivity contribution is 0.0982. The normalized spacial score (nSPS) is 24.6. The van der Waals surface area contributed by atoms with E-state index in [4.69, 9.17) is 15.2 Å². The van der Waals surface area contributed by atoms with Crippen molar-refractivity contribution in [3.8, 4) is 11.5 Å². The molecule has 0 amide bonds. The van der Waals surface area contributed by atoms with Crippen molar-refractivity contribution in [2.75, 3.05) is 33.9 Å². The average molecular weight is 292 g/mol. The van der Waals surface area contributed by atoms with E-state index in [1.54, 1.807) is 14.2 Å². The highest BCUT2D eigenvalue weighted by Crippen LogP contribution is 2.34. The maximum Gasteiger partial charge on any atom is 0.161 e. The number of hydrogen-bond donors (Lipinski definition) is 1. The lowest BCUT2D eigenvalue weighted by atomic mass is 9.89. The van der Waals surface area contributed by atoms with Crippen LogP contribution >= 0.6 is 0 Å². The summed E-state index contributed by atoms with van der Waals surface area (Å²) in [4.78, 5) is 2.51. The second kappa shape index (κ2) is 7.14. The minimum atomic E-state index is 0.245. The van der Waals surface area contributed by atoms with Crippen LogP contribution in [0.25, 0.3) is 0 Å². The molecule has 0 spiro atoms. The summed E-state index contributed by atoms with van der Waals surface area (Å²) in [5.74, 6) is 2.98. The second-order valence-corrected chi connectivity index (χ2v) is 6.27. The van der Waals surface area contributed by atoms with E-state index in [9.17, 15) is 0 Å². The maximum atomic E-state index is 6.07. The van der Waals surface area contributed by atoms with Gasteiger partial charge in [0.2, 0.25) is 0 Å². The van der Waals surface area contributed by atoms with Gasteiger partial charge in [-0.3, -0.25) is 4.90 Å². The number of likely N-dealkylation sites (tertiary alicyclic amines) is 1. The van der Waals surface area contributed by atoms with Crippen molar-refractivity contribution in [2.24, 2.45) is 17.6 Å². The number of methoxy groups -OCH3 is 2. The molecule has 4 heteroatoms. The number of ether oxygens (including phenoxy) is 2. The third kappa shape index (κ3) is 3.69. The molecule has 1 aromatic carbocycles. The fourth-order valence-corrected chi connectivity index (χ4v) is 3.52. The zero-order valence-corrected chi connectivity index (χ0v) is 13.6. The number of piperidine rings is 1. The molecule has 2 N–H and O–H groups in total. The fourth-order valence-electron chi connectivity index (χ4n) is 3.52. The first-order valence-electron chi connectivity index (χ1n) is 7.75. The Hall–Kier alpha value is -1.26. The Morgan fingerprint density at radius 3 is 2.29 bits per heavy atom. The quantitative estimate of drug-likeness (QED) is 0.906. The van der Waals surface area contributed by atoms with Gasteiger partial charge in [-0.05, 0) is 36.0 Å². The van der Waals surface area contributed by atoms with Crippen LogP contribution in [0.15, 0.2) is 18.2 Å². The SMILES string of the molecule is COc1ccc(C(CN)N2C[C@H](C)C[C@H](C)C2)cc1OC. The second-order valence-electron chi connectivity index (χ2n) is 6.27. The Balaban J connectivity index is 2.24. The van der Waals surface area contributed by atoms with Crippen molar-refractivity contribution in [1.82, 2.24) is 4.90 Å². The van der Waals surface area contributed by atoms with Gasteiger partial charge in [-0.25, -0.2) is 0 Å². The number of rotatable bonds is 5. The van der Waals surface area contributed by atoms with Crippen LogP contribution < -0.4 is 15.2 Å². The fraction of sp³-hybridized carbons (Fsp3) is 0.647. The lowest BCUT2D eigenvalue weighted by Gasteiger charge is -2.40. The van der Waals surface area contributed by atoms with Gasteiger partial charge in [0.1, 0.15) is 0 Å². The molecule has 0 radical (unpaired) electrons. The predicted octanol–water partition coefficient (Wildman–Crippen LogP) is 2.68. The van der Waals surface area contributed by atoms with E-state index in [0.29, 0.717) is 6.54 Å². The number of nitrogens with zero attached hydrogens (tertiary/aromatic N) is 1. The van der Waals surface area contributed by atoms with Crippen molar-refractivity contribution in [3.05, 3.63) is 23.8 Å². The zero-order chi connectivity index (χ0) is 15.4. The molecular weight excluding hydrogens is 264 g/mol. The summed E-state index contributed by atoms with van der Waals surface area (Å²) in [5, 5.41) is 0. The van der Waals surface area contributed by atoms with E-state index in [-0.39, 0.29) is 6.04 Å². The molecule has 21 heavy (non-hydrogen) atoms. The highest BCUT2D eigenvalue weighted by Gasteiger charge is 2.28. The molecule has 1 aliphatic rings. The van der Waals surface area contributed by atoms with Gasteiger partial charge < -0.3 is 15.2 Å². The average Bonchev–Trinajstić information content (AvgIpc) is 2.46. The van der Waals surface area contributed by atoms with E-state index >= 15 is 0 Å². The zero-order valence-electron chi connectivity index (χ0n) is 13.6. The Morgan fingerprint density at radius 1 is 1.14 bits per heavy atom. The molecule has 1 aliphatic heterocycles. The maximum absolute atomic E-state index is 6.07. The molecule has 2 rings (SSSR count). The highest BCUT2D eigenvalue weighted by atomic mass is 16.5. The van der Waals surface area contributed by atoms with Gasteiger partial charge in [0.15, 0.2) is 11.5 Å². The molecular formula is C17H28N2O2. The van der Waals surface area contributed by atoms with E-state index in [1.807, 2.05) is 6.07 Å². The molecule has 1 aromatic rings. The molecule has 0 bridgehead atoms. The monoisotopic (exact) mass is 292 g/mol. The first kappa shape index (κ1) is 16.1. The van der Waals surface area contributed by atoms with Crippen LogP contribution in [0, 0.1) is 11.8 Å². The Morgan fingerprint density at radius 2 is 1.76 bits per heavy atom. The summed E-state index contributed by atoms with van der Waals surface area (Å²) in [6, 6.07) is 6.37. The molecule has 4 nitrogen and oxygen atoms in total. The molecule has 1 saturated heterocycles. The van der Waals surface area contributed by atoms with E-state index < -0.39 is 0 Å². The van der Waals surface area contributed by atoms with Gasteiger partial charge >= 0.3 is 0 Å². The van der Waals surface area contributed by atoms with Gasteiger partial charge in [-0.15, -0.1) is 0 Å². The standard InChI is InChI=1S/C17H28N2O2/c1-12-7-13(2)11-19(10-12)15(9-18)14-5-6-16(20-3)17(8-14)21-4/h5-6,8,12-13,15H,7,9-11,18H2,1-4H3/t12-,13+,15?. The highest BCUT2D eigenvalue weighted by molar-refractivity contribution is 5.43. The molecule has 0 saturated carbocycles. The summed E-state index contributed by atoms with van der Waals surface area (Å²) in [7, 11) is 3.33. The Kier molecular flexibility index (Phi) is 5.48. The van der Waals surface area contributed by atoms with Crippen LogP contribution in [0.3, 0.4) is 0 Å². The Labute approximate surface area is 128 Å². The van der Waals surface area contributed by atoms with Crippen LogP contribution in [0.4, 0.5) is 0 Å². The molecule has 0 aliphatic carbocycles. The Bertz CT molecular complexity index is 454. The van der Waals surface area contributed by atoms with E-state index in [1.165, 1.54) is 12.0 Å². The van der Waals surface area contributed by atoms with Crippen LogP contribution in [0.5, 0.6) is 11.5 Å². The van der Waals surface area contributed by atoms with E-state index in [0.717, 1.165) is 36.4 Å². The van der Waals surface area contributed by atoms with Gasteiger partial charge in [0, 0.05) is 25.7 Å². The van der Waals surface area contributed by atoms with Crippen molar-refractivity contribution < 1.29 is 9.47 Å². The van der Waals surface area contributed by atoms with Gasteiger partial charge in [-0.1, -0.05) is 19.9 Å². The first-order valence-corrected chi connectivity index (χ1v) is 7.75. The van der Waals surface area contributed by atoms with Crippen LogP contribution in [0.2, 0.25) is 0 Å². The van der Waals surface area contributed by atoms with Crippen LogP contribution in [-0.4, -0.2) is 38.8 Å². The third-order valence-electron chi connectivity index (χ3n) is 4.35. The predicted molar refractivity (Wildman–Crippen MR) is 85.9 cm³/mol. The number of benzene rings is 1. The topological polar surface area (TPSA) is 47.7 Å². The first-order chi connectivity index (χ1) is 10.1. The molecule has 118 valence electrons. The van der Waals surface area contributed by atoms with Crippen molar-refractivity contribution in [2.45, 2.75) is 26.3 Å². The summed E-state index contributed by atoms with van der Waals surface area (Å²) in [6.07, 6.45) is 1.31. The molecule has 3 atom stereocenters. The minimum absolute atomic E-state index is 0.245. The summed E-state index contributed by atoms with van der Waals surface area (Å²) >= 11 is 0. The molecule has 1 unspecified atom stereocenters. The van der Waals surface area contributed by atoms with Crippen LogP contribution in [-0.2, 0) is 0 Å². The van der Waals surface area contributed by atoms with E-state index in [2.05, 4.69) is 30.9 Å². The van der Waals surface area contributed by atoms with Gasteiger partial charge in [0.25, 0.3) is 0 Å². The van der Waals surface area contributed by atoms with Crippen molar-refractivity contribution >= 4 is 0 Å².